The monoisotopic (exact) mass is 697 g/mol. The third-order valence-corrected chi connectivity index (χ3v) is 10.4. The Morgan fingerprint density at radius 2 is 1.76 bits per heavy atom. The van der Waals surface area contributed by atoms with E-state index in [1.165, 1.54) is 13.8 Å². The van der Waals surface area contributed by atoms with Crippen LogP contribution < -0.4 is 5.32 Å². The van der Waals surface area contributed by atoms with E-state index in [1.807, 2.05) is 6.92 Å². The average molecular weight is 698 g/mol. The third kappa shape index (κ3) is 8.75. The van der Waals surface area contributed by atoms with Gasteiger partial charge in [-0.05, 0) is 75.7 Å². The summed E-state index contributed by atoms with van der Waals surface area (Å²) >= 11 is 0. The van der Waals surface area contributed by atoms with Gasteiger partial charge in [0.2, 0.25) is 0 Å². The van der Waals surface area contributed by atoms with Crippen LogP contribution in [0.15, 0.2) is 54.1 Å². The van der Waals surface area contributed by atoms with Crippen molar-refractivity contribution in [3.05, 3.63) is 59.7 Å². The molecule has 2 saturated carbocycles. The number of esters is 4. The van der Waals surface area contributed by atoms with Crippen molar-refractivity contribution in [3.63, 3.8) is 0 Å². The Hall–Kier alpha value is -4.19. The van der Waals surface area contributed by atoms with Crippen LogP contribution in [0.2, 0.25) is 0 Å². The molecule has 0 bridgehead atoms. The molecule has 1 saturated heterocycles. The topological polar surface area (TPSA) is 164 Å². The molecule has 4 unspecified atom stereocenters. The number of carbonyl (C=O) groups is 5. The molecule has 1 amide bonds. The van der Waals surface area contributed by atoms with Gasteiger partial charge in [0.25, 0.3) is 0 Å². The molecule has 3 aliphatic rings. The van der Waals surface area contributed by atoms with Crippen molar-refractivity contribution in [2.24, 2.45) is 22.7 Å². The third-order valence-electron chi connectivity index (χ3n) is 10.4. The molecule has 1 aromatic carbocycles. The summed E-state index contributed by atoms with van der Waals surface area (Å²) < 4.78 is 27.6. The van der Waals surface area contributed by atoms with Crippen LogP contribution >= 0.6 is 0 Å². The van der Waals surface area contributed by atoms with Crippen molar-refractivity contribution < 1.29 is 52.8 Å². The molecule has 2 N–H and O–H groups in total. The number of rotatable bonds is 10. The molecule has 0 aromatic heterocycles. The van der Waals surface area contributed by atoms with Crippen LogP contribution in [0.1, 0.15) is 92.2 Å². The zero-order valence-electron chi connectivity index (χ0n) is 30.1. The lowest BCUT2D eigenvalue weighted by molar-refractivity contribution is -0.191. The minimum atomic E-state index is -1.83. The molecule has 2 aliphatic carbocycles. The lowest BCUT2D eigenvalue weighted by Crippen LogP contribution is -2.58. The molecule has 0 radical (unpaired) electrons. The van der Waals surface area contributed by atoms with Crippen molar-refractivity contribution in [1.82, 2.24) is 5.32 Å². The van der Waals surface area contributed by atoms with E-state index in [0.717, 1.165) is 12.0 Å². The molecule has 1 aromatic rings. The fraction of sp³-hybridized carbons (Fsp3) is 0.605. The lowest BCUT2D eigenvalue weighted by Gasteiger charge is -2.60. The van der Waals surface area contributed by atoms with Crippen molar-refractivity contribution in [1.29, 1.82) is 0 Å². The minimum absolute atomic E-state index is 0.00644. The van der Waals surface area contributed by atoms with Crippen LogP contribution in [0, 0.1) is 22.7 Å². The second-order valence-corrected chi connectivity index (χ2v) is 15.1. The normalized spacial score (nSPS) is 30.0. The van der Waals surface area contributed by atoms with E-state index in [1.54, 1.807) is 57.2 Å². The molecule has 3 fully saturated rings. The Kier molecular flexibility index (Phi) is 11.9. The molecule has 1 heterocycles. The average Bonchev–Trinajstić information content (AvgIpc) is 3.37. The molecule has 12 nitrogen and oxygen atoms in total. The highest BCUT2D eigenvalue weighted by atomic mass is 16.6. The SMILES string of the molecule is C=C1CCC2[C@](C)(COC(C)=O)[C@H](OC(C)=O)CC[C@@]2(C)[C@@H]1C/C=C1\C(=O)OCC1OC(=O)C(O)C(NC(=O)OC(C)(C)C)c1ccccc1. The van der Waals surface area contributed by atoms with Crippen molar-refractivity contribution in [2.75, 3.05) is 13.2 Å². The number of hydrogen-bond acceptors (Lipinski definition) is 11. The number of benzene rings is 1. The Labute approximate surface area is 293 Å². The van der Waals surface area contributed by atoms with Gasteiger partial charge in [-0.2, -0.15) is 0 Å². The molecule has 8 atom stereocenters. The Morgan fingerprint density at radius 3 is 2.38 bits per heavy atom. The fourth-order valence-corrected chi connectivity index (χ4v) is 8.05. The number of carbonyl (C=O) groups excluding carboxylic acids is 5. The summed E-state index contributed by atoms with van der Waals surface area (Å²) in [6.07, 6.45) is 0.647. The number of ether oxygens (including phenoxy) is 5. The van der Waals surface area contributed by atoms with E-state index in [2.05, 4.69) is 18.8 Å². The van der Waals surface area contributed by atoms with Gasteiger partial charge in [-0.1, -0.05) is 62.4 Å². The number of alkyl carbamates (subject to hydrolysis) is 1. The zero-order valence-corrected chi connectivity index (χ0v) is 30.1. The van der Waals surface area contributed by atoms with E-state index in [-0.39, 0.29) is 36.0 Å². The number of hydrogen-bond donors (Lipinski definition) is 2. The standard InChI is InChI=1S/C38H51NO11/c1-22-14-17-29-37(7,19-18-30(48-24(3)41)38(29,8)21-47-23(2)40)27(22)16-15-26-28(20-46-33(26)43)49-34(44)32(42)31(25-12-10-9-11-13-25)39-35(45)50-36(4,5)6/h9-13,15,27-32,42H,1,14,16-21H2,2-8H3,(H,39,45)/b26-15-/t27-,28?,29?,30-,31?,32?,37+,38+/m1/s1. The molecular formula is C38H51NO11. The smallest absolute Gasteiger partial charge is 0.408 e. The van der Waals surface area contributed by atoms with E-state index < -0.39 is 65.3 Å². The second kappa shape index (κ2) is 15.4. The maximum Gasteiger partial charge on any atom is 0.408 e. The first-order valence-electron chi connectivity index (χ1n) is 17.1. The van der Waals surface area contributed by atoms with E-state index in [4.69, 9.17) is 23.7 Å². The summed E-state index contributed by atoms with van der Waals surface area (Å²) in [5.74, 6) is -2.60. The summed E-state index contributed by atoms with van der Waals surface area (Å²) in [6, 6.07) is 7.25. The van der Waals surface area contributed by atoms with Crippen LogP contribution in [-0.4, -0.2) is 72.2 Å². The van der Waals surface area contributed by atoms with Crippen LogP contribution in [0.3, 0.4) is 0 Å². The van der Waals surface area contributed by atoms with Crippen molar-refractivity contribution >= 4 is 30.0 Å². The minimum Gasteiger partial charge on any atom is -0.465 e. The summed E-state index contributed by atoms with van der Waals surface area (Å²) in [4.78, 5) is 62.9. The van der Waals surface area contributed by atoms with Gasteiger partial charge in [0.15, 0.2) is 12.2 Å². The molecule has 1 aliphatic heterocycles. The number of aliphatic hydroxyl groups is 1. The Bertz CT molecular complexity index is 1500. The number of aliphatic hydroxyl groups excluding tert-OH is 1. The summed E-state index contributed by atoms with van der Waals surface area (Å²) in [7, 11) is 0. The van der Waals surface area contributed by atoms with Gasteiger partial charge in [-0.25, -0.2) is 14.4 Å². The van der Waals surface area contributed by atoms with E-state index >= 15 is 0 Å². The highest BCUT2D eigenvalue weighted by Gasteiger charge is 2.59. The number of amides is 1. The molecule has 274 valence electrons. The van der Waals surface area contributed by atoms with Crippen molar-refractivity contribution in [3.8, 4) is 0 Å². The molecule has 12 heteroatoms. The molecular weight excluding hydrogens is 646 g/mol. The highest BCUT2D eigenvalue weighted by Crippen LogP contribution is 2.62. The first-order valence-corrected chi connectivity index (χ1v) is 17.1. The lowest BCUT2D eigenvalue weighted by atomic mass is 9.46. The van der Waals surface area contributed by atoms with Crippen LogP contribution in [0.4, 0.5) is 4.79 Å². The predicted molar refractivity (Wildman–Crippen MR) is 181 cm³/mol. The quantitative estimate of drug-likeness (QED) is 0.141. The molecule has 50 heavy (non-hydrogen) atoms. The first kappa shape index (κ1) is 38.6. The van der Waals surface area contributed by atoms with Gasteiger partial charge in [0.1, 0.15) is 24.9 Å². The van der Waals surface area contributed by atoms with Gasteiger partial charge in [-0.15, -0.1) is 0 Å². The second-order valence-electron chi connectivity index (χ2n) is 15.1. The Balaban J connectivity index is 1.54. The van der Waals surface area contributed by atoms with Gasteiger partial charge in [-0.3, -0.25) is 9.59 Å². The maximum atomic E-state index is 13.4. The highest BCUT2D eigenvalue weighted by molar-refractivity contribution is 5.92. The van der Waals surface area contributed by atoms with Gasteiger partial charge >= 0.3 is 30.0 Å². The van der Waals surface area contributed by atoms with Gasteiger partial charge in [0, 0.05) is 19.3 Å². The van der Waals surface area contributed by atoms with Gasteiger partial charge < -0.3 is 34.1 Å². The largest absolute Gasteiger partial charge is 0.465 e. The van der Waals surface area contributed by atoms with Crippen LogP contribution in [0.5, 0.6) is 0 Å². The van der Waals surface area contributed by atoms with Crippen molar-refractivity contribution in [2.45, 2.75) is 111 Å². The summed E-state index contributed by atoms with van der Waals surface area (Å²) in [5, 5.41) is 13.7. The van der Waals surface area contributed by atoms with Gasteiger partial charge in [0.05, 0.1) is 11.6 Å². The number of fused-ring (bicyclic) bond motifs is 1. The number of nitrogens with one attached hydrogen (secondary N) is 1. The maximum absolute atomic E-state index is 13.4. The summed E-state index contributed by atoms with van der Waals surface area (Å²) in [5.41, 5.74) is -0.215. The Morgan fingerprint density at radius 1 is 1.08 bits per heavy atom. The van der Waals surface area contributed by atoms with E-state index in [9.17, 15) is 29.1 Å². The first-order chi connectivity index (χ1) is 23.4. The van der Waals surface area contributed by atoms with Crippen LogP contribution in [0.25, 0.3) is 0 Å². The number of allylic oxidation sites excluding steroid dienone is 2. The van der Waals surface area contributed by atoms with Crippen LogP contribution in [-0.2, 0) is 42.9 Å². The molecule has 4 rings (SSSR count). The summed E-state index contributed by atoms with van der Waals surface area (Å²) in [6.45, 7) is 16.2. The fourth-order valence-electron chi connectivity index (χ4n) is 8.05. The zero-order chi connectivity index (χ0) is 37.0. The number of cyclic esters (lactones) is 1. The predicted octanol–water partition coefficient (Wildman–Crippen LogP) is 5.28. The van der Waals surface area contributed by atoms with E-state index in [0.29, 0.717) is 31.2 Å². The molecule has 0 spiro atoms.